The summed E-state index contributed by atoms with van der Waals surface area (Å²) < 4.78 is 11.2. The summed E-state index contributed by atoms with van der Waals surface area (Å²) in [6.07, 6.45) is 0.852. The van der Waals surface area contributed by atoms with Crippen molar-refractivity contribution in [3.8, 4) is 11.5 Å². The molecule has 1 fully saturated rings. The van der Waals surface area contributed by atoms with E-state index in [0.29, 0.717) is 13.2 Å². The zero-order valence-electron chi connectivity index (χ0n) is 14.9. The van der Waals surface area contributed by atoms with Crippen molar-refractivity contribution in [2.24, 2.45) is 11.3 Å². The van der Waals surface area contributed by atoms with Crippen LogP contribution < -0.4 is 9.47 Å². The Kier molecular flexibility index (Phi) is 4.47. The van der Waals surface area contributed by atoms with Gasteiger partial charge in [0.2, 0.25) is 5.91 Å². The molecule has 1 aromatic rings. The van der Waals surface area contributed by atoms with Gasteiger partial charge < -0.3 is 19.5 Å². The number of nitrogens with zero attached hydrogens (tertiary/aromatic N) is 1. The van der Waals surface area contributed by atoms with Gasteiger partial charge in [0.25, 0.3) is 0 Å². The van der Waals surface area contributed by atoms with Gasteiger partial charge in [0.1, 0.15) is 13.2 Å². The van der Waals surface area contributed by atoms with Crippen LogP contribution in [0.2, 0.25) is 0 Å². The number of aliphatic hydroxyl groups is 1. The van der Waals surface area contributed by atoms with E-state index in [-0.39, 0.29) is 35.8 Å². The molecule has 5 nitrogen and oxygen atoms in total. The highest BCUT2D eigenvalue weighted by Gasteiger charge is 2.47. The summed E-state index contributed by atoms with van der Waals surface area (Å²) in [6.45, 7) is 7.26. The molecule has 5 heteroatoms. The van der Waals surface area contributed by atoms with Crippen molar-refractivity contribution >= 4 is 5.91 Å². The molecule has 132 valence electrons. The first kappa shape index (κ1) is 17.1. The maximum Gasteiger partial charge on any atom is 0.226 e. The Hall–Kier alpha value is -1.75. The Morgan fingerprint density at radius 3 is 2.58 bits per heavy atom. The lowest BCUT2D eigenvalue weighted by Gasteiger charge is -2.37. The van der Waals surface area contributed by atoms with Crippen LogP contribution in [-0.4, -0.2) is 48.8 Å². The van der Waals surface area contributed by atoms with E-state index in [0.717, 1.165) is 23.5 Å². The lowest BCUT2D eigenvalue weighted by Crippen LogP contribution is -2.48. The fourth-order valence-electron chi connectivity index (χ4n) is 3.52. The fourth-order valence-corrected chi connectivity index (χ4v) is 3.52. The van der Waals surface area contributed by atoms with Crippen molar-refractivity contribution in [3.05, 3.63) is 23.8 Å². The van der Waals surface area contributed by atoms with Crippen molar-refractivity contribution in [2.45, 2.75) is 39.2 Å². The van der Waals surface area contributed by atoms with Gasteiger partial charge in [-0.3, -0.25) is 4.79 Å². The Bertz CT molecular complexity index is 622. The summed E-state index contributed by atoms with van der Waals surface area (Å²) in [4.78, 5) is 14.5. The summed E-state index contributed by atoms with van der Waals surface area (Å²) in [6, 6.07) is 5.78. The monoisotopic (exact) mass is 333 g/mol. The van der Waals surface area contributed by atoms with E-state index in [1.54, 1.807) is 11.9 Å². The summed E-state index contributed by atoms with van der Waals surface area (Å²) in [5.41, 5.74) is 0.975. The Morgan fingerprint density at radius 1 is 1.29 bits per heavy atom. The highest BCUT2D eigenvalue weighted by atomic mass is 16.6. The highest BCUT2D eigenvalue weighted by molar-refractivity contribution is 5.83. The van der Waals surface area contributed by atoms with E-state index in [9.17, 15) is 9.90 Å². The van der Waals surface area contributed by atoms with Crippen molar-refractivity contribution < 1.29 is 19.4 Å². The smallest absolute Gasteiger partial charge is 0.226 e. The Labute approximate surface area is 143 Å². The van der Waals surface area contributed by atoms with E-state index in [1.807, 2.05) is 39.0 Å². The van der Waals surface area contributed by atoms with Crippen LogP contribution in [0.5, 0.6) is 11.5 Å². The molecule has 24 heavy (non-hydrogen) atoms. The zero-order chi connectivity index (χ0) is 17.5. The van der Waals surface area contributed by atoms with Gasteiger partial charge in [-0.1, -0.05) is 26.8 Å². The Morgan fingerprint density at radius 2 is 1.96 bits per heavy atom. The number of benzene rings is 1. The standard InChI is InChI=1S/C19H27NO4/c1-19(2,3)17(11-21)20(4)18(22)14-10-13(14)12-5-6-15-16(9-12)24-8-7-23-15/h5-6,9,13-14,17,21H,7-8,10-11H2,1-4H3/t13-,14+,17+/m0/s1. The third kappa shape index (κ3) is 3.22. The molecule has 0 aromatic heterocycles. The van der Waals surface area contributed by atoms with Crippen LogP contribution in [0.15, 0.2) is 18.2 Å². The van der Waals surface area contributed by atoms with Gasteiger partial charge >= 0.3 is 0 Å². The predicted molar refractivity (Wildman–Crippen MR) is 91.4 cm³/mol. The zero-order valence-corrected chi connectivity index (χ0v) is 14.9. The first-order valence-corrected chi connectivity index (χ1v) is 8.60. The van der Waals surface area contributed by atoms with Crippen molar-refractivity contribution in [1.29, 1.82) is 0 Å². The summed E-state index contributed by atoms with van der Waals surface area (Å²) in [7, 11) is 1.80. The molecule has 3 atom stereocenters. The summed E-state index contributed by atoms with van der Waals surface area (Å²) in [5.74, 6) is 1.89. The van der Waals surface area contributed by atoms with Gasteiger partial charge in [0.15, 0.2) is 11.5 Å². The molecule has 3 rings (SSSR count). The number of ether oxygens (including phenoxy) is 2. The summed E-state index contributed by atoms with van der Waals surface area (Å²) in [5, 5.41) is 9.67. The first-order chi connectivity index (χ1) is 11.3. The minimum absolute atomic E-state index is 0.00559. The number of carbonyl (C=O) groups is 1. The van der Waals surface area contributed by atoms with E-state index >= 15 is 0 Å². The number of carbonyl (C=O) groups excluding carboxylic acids is 1. The largest absolute Gasteiger partial charge is 0.486 e. The number of likely N-dealkylation sites (N-methyl/N-ethyl adjacent to an activating group) is 1. The molecule has 0 unspecified atom stereocenters. The van der Waals surface area contributed by atoms with Crippen LogP contribution in [-0.2, 0) is 4.79 Å². The van der Waals surface area contributed by atoms with E-state index in [2.05, 4.69) is 0 Å². The molecule has 1 amide bonds. The number of amides is 1. The lowest BCUT2D eigenvalue weighted by molar-refractivity contribution is -0.136. The molecule has 1 saturated carbocycles. The minimum atomic E-state index is -0.175. The molecule has 1 heterocycles. The number of hydrogen-bond donors (Lipinski definition) is 1. The van der Waals surface area contributed by atoms with E-state index < -0.39 is 0 Å². The van der Waals surface area contributed by atoms with Crippen LogP contribution in [0.25, 0.3) is 0 Å². The molecular weight excluding hydrogens is 306 g/mol. The van der Waals surface area contributed by atoms with Gasteiger partial charge in [-0.25, -0.2) is 0 Å². The van der Waals surface area contributed by atoms with Gasteiger partial charge in [0, 0.05) is 13.0 Å². The van der Waals surface area contributed by atoms with Gasteiger partial charge in [0.05, 0.1) is 12.6 Å². The van der Waals surface area contributed by atoms with E-state index in [1.165, 1.54) is 0 Å². The molecule has 1 N–H and O–H groups in total. The van der Waals surface area contributed by atoms with Crippen LogP contribution >= 0.6 is 0 Å². The minimum Gasteiger partial charge on any atom is -0.486 e. The topological polar surface area (TPSA) is 59.0 Å². The molecule has 2 aliphatic rings. The number of aliphatic hydroxyl groups excluding tert-OH is 1. The maximum atomic E-state index is 12.8. The second-order valence-electron chi connectivity index (χ2n) is 7.87. The van der Waals surface area contributed by atoms with Crippen LogP contribution in [0, 0.1) is 11.3 Å². The predicted octanol–water partition coefficient (Wildman–Crippen LogP) is 2.43. The molecule has 1 aromatic carbocycles. The SMILES string of the molecule is CN(C(=O)[C@@H]1C[C@H]1c1ccc2c(c1)OCCO2)[C@H](CO)C(C)(C)C. The second-order valence-corrected chi connectivity index (χ2v) is 7.87. The van der Waals surface area contributed by atoms with Crippen LogP contribution in [0.1, 0.15) is 38.7 Å². The molecule has 1 aliphatic carbocycles. The van der Waals surface area contributed by atoms with Crippen LogP contribution in [0.4, 0.5) is 0 Å². The number of hydrogen-bond acceptors (Lipinski definition) is 4. The normalized spacial score (nSPS) is 23.5. The van der Waals surface area contributed by atoms with E-state index in [4.69, 9.17) is 9.47 Å². The third-order valence-electron chi connectivity index (χ3n) is 5.09. The average Bonchev–Trinajstić information content (AvgIpc) is 3.33. The lowest BCUT2D eigenvalue weighted by atomic mass is 9.86. The quantitative estimate of drug-likeness (QED) is 0.919. The molecular formula is C19H27NO4. The second kappa shape index (κ2) is 6.28. The average molecular weight is 333 g/mol. The van der Waals surface area contributed by atoms with Gasteiger partial charge in [-0.15, -0.1) is 0 Å². The molecule has 0 radical (unpaired) electrons. The van der Waals surface area contributed by atoms with Crippen molar-refractivity contribution in [3.63, 3.8) is 0 Å². The number of fused-ring (bicyclic) bond motifs is 1. The van der Waals surface area contributed by atoms with Gasteiger partial charge in [-0.05, 0) is 35.4 Å². The van der Waals surface area contributed by atoms with Crippen molar-refractivity contribution in [1.82, 2.24) is 4.90 Å². The molecule has 0 saturated heterocycles. The number of rotatable bonds is 4. The Balaban J connectivity index is 1.69. The van der Waals surface area contributed by atoms with Crippen molar-refractivity contribution in [2.75, 3.05) is 26.9 Å². The first-order valence-electron chi connectivity index (χ1n) is 8.60. The summed E-state index contributed by atoms with van der Waals surface area (Å²) >= 11 is 0. The van der Waals surface area contributed by atoms with Crippen LogP contribution in [0.3, 0.4) is 0 Å². The van der Waals surface area contributed by atoms with Gasteiger partial charge in [-0.2, -0.15) is 0 Å². The third-order valence-corrected chi connectivity index (χ3v) is 5.09. The molecule has 1 aliphatic heterocycles. The highest BCUT2D eigenvalue weighted by Crippen LogP contribution is 2.50. The molecule has 0 spiro atoms. The fraction of sp³-hybridized carbons (Fsp3) is 0.632. The maximum absolute atomic E-state index is 12.8. The molecule has 0 bridgehead atoms.